The van der Waals surface area contributed by atoms with Crippen molar-refractivity contribution in [1.82, 2.24) is 19.7 Å². The normalized spacial score (nSPS) is 14.8. The summed E-state index contributed by atoms with van der Waals surface area (Å²) in [5.41, 5.74) is -2.73. The number of hydrogen-bond acceptors (Lipinski definition) is 4. The minimum atomic E-state index is -4.74. The van der Waals surface area contributed by atoms with E-state index in [1.54, 1.807) is 0 Å². The van der Waals surface area contributed by atoms with Gasteiger partial charge in [0.15, 0.2) is 5.69 Å². The van der Waals surface area contributed by atoms with Crippen LogP contribution in [0.1, 0.15) is 53.5 Å². The van der Waals surface area contributed by atoms with E-state index in [9.17, 15) is 31.9 Å². The molecular weight excluding hydrogens is 446 g/mol. The van der Waals surface area contributed by atoms with Crippen LogP contribution in [0, 0.1) is 11.7 Å². The van der Waals surface area contributed by atoms with Gasteiger partial charge in [-0.15, -0.1) is 0 Å². The van der Waals surface area contributed by atoms with E-state index < -0.39 is 46.6 Å². The zero-order valence-electron chi connectivity index (χ0n) is 17.1. The number of benzene rings is 1. The standard InChI is InChI=1S/C21H19F4N5O3/c22-13-5-4-12(9-14(13)26-19(32)15-10-17(29-28-15)21(23,24)25)16(6-3-11-1-2-11)30-8-7-18(31)27-20(30)33/h4-5,7-11,16H,1-3,6H2,(H,26,32)(H,28,29)(H,27,31,33). The van der Waals surface area contributed by atoms with Gasteiger partial charge in [-0.05, 0) is 36.5 Å². The minimum Gasteiger partial charge on any atom is -0.318 e. The number of rotatable bonds is 7. The van der Waals surface area contributed by atoms with Crippen LogP contribution in [0.4, 0.5) is 23.2 Å². The van der Waals surface area contributed by atoms with E-state index in [2.05, 4.69) is 15.4 Å². The van der Waals surface area contributed by atoms with Gasteiger partial charge in [-0.25, -0.2) is 9.18 Å². The molecule has 4 rings (SSSR count). The number of nitrogens with one attached hydrogen (secondary N) is 3. The van der Waals surface area contributed by atoms with Crippen molar-refractivity contribution in [2.75, 3.05) is 5.32 Å². The molecule has 174 valence electrons. The van der Waals surface area contributed by atoms with Crippen molar-refractivity contribution in [3.63, 3.8) is 0 Å². The van der Waals surface area contributed by atoms with Crippen LogP contribution in [0.2, 0.25) is 0 Å². The van der Waals surface area contributed by atoms with Crippen LogP contribution in [0.3, 0.4) is 0 Å². The van der Waals surface area contributed by atoms with Crippen molar-refractivity contribution in [2.45, 2.75) is 37.9 Å². The SMILES string of the molecule is O=C(Nc1cc(C(CCC2CC2)n2ccc(=O)[nH]c2=O)ccc1F)c1cc(C(F)(F)F)n[nH]1. The van der Waals surface area contributed by atoms with Gasteiger partial charge in [-0.3, -0.25) is 24.2 Å². The average molecular weight is 465 g/mol. The molecule has 1 fully saturated rings. The summed E-state index contributed by atoms with van der Waals surface area (Å²) >= 11 is 0. The lowest BCUT2D eigenvalue weighted by Gasteiger charge is -2.21. The summed E-state index contributed by atoms with van der Waals surface area (Å²) in [6.45, 7) is 0. The highest BCUT2D eigenvalue weighted by Gasteiger charge is 2.34. The summed E-state index contributed by atoms with van der Waals surface area (Å²) in [4.78, 5) is 38.4. The first-order valence-electron chi connectivity index (χ1n) is 10.2. The summed E-state index contributed by atoms with van der Waals surface area (Å²) in [6.07, 6.45) is 0.126. The van der Waals surface area contributed by atoms with E-state index in [-0.39, 0.29) is 5.69 Å². The molecule has 0 bridgehead atoms. The number of aromatic nitrogens is 4. The van der Waals surface area contributed by atoms with Gasteiger partial charge >= 0.3 is 11.9 Å². The maximum absolute atomic E-state index is 14.4. The quantitative estimate of drug-likeness (QED) is 0.464. The van der Waals surface area contributed by atoms with E-state index in [0.29, 0.717) is 24.0 Å². The lowest BCUT2D eigenvalue weighted by Crippen LogP contribution is -2.32. The van der Waals surface area contributed by atoms with Crippen LogP contribution in [0.15, 0.2) is 46.1 Å². The highest BCUT2D eigenvalue weighted by molar-refractivity contribution is 6.03. The molecule has 1 amide bonds. The number of nitrogens with zero attached hydrogens (tertiary/aromatic N) is 2. The van der Waals surface area contributed by atoms with Gasteiger partial charge < -0.3 is 5.32 Å². The predicted octanol–water partition coefficient (Wildman–Crippen LogP) is 3.45. The monoisotopic (exact) mass is 465 g/mol. The Bertz CT molecular complexity index is 1290. The molecular formula is C21H19F4N5O3. The largest absolute Gasteiger partial charge is 0.435 e. The molecule has 3 aromatic rings. The summed E-state index contributed by atoms with van der Waals surface area (Å²) in [5.74, 6) is -1.28. The molecule has 1 saturated carbocycles. The number of carbonyl (C=O) groups excluding carboxylic acids is 1. The molecule has 0 saturated heterocycles. The Morgan fingerprint density at radius 3 is 2.61 bits per heavy atom. The van der Waals surface area contributed by atoms with Crippen LogP contribution >= 0.6 is 0 Å². The second-order valence-corrected chi connectivity index (χ2v) is 7.91. The van der Waals surface area contributed by atoms with Gasteiger partial charge in [-0.2, -0.15) is 18.3 Å². The van der Waals surface area contributed by atoms with Gasteiger partial charge in [0.2, 0.25) is 0 Å². The van der Waals surface area contributed by atoms with E-state index >= 15 is 0 Å². The molecule has 1 aliphatic rings. The number of carbonyl (C=O) groups is 1. The molecule has 0 spiro atoms. The Balaban J connectivity index is 1.63. The van der Waals surface area contributed by atoms with Crippen molar-refractivity contribution in [1.29, 1.82) is 0 Å². The Hall–Kier alpha value is -3.70. The Morgan fingerprint density at radius 1 is 1.21 bits per heavy atom. The van der Waals surface area contributed by atoms with Crippen molar-refractivity contribution in [3.8, 4) is 0 Å². The fourth-order valence-corrected chi connectivity index (χ4v) is 3.56. The molecule has 33 heavy (non-hydrogen) atoms. The minimum absolute atomic E-state index is 0.269. The molecule has 12 heteroatoms. The first kappa shape index (κ1) is 22.5. The molecule has 1 aromatic carbocycles. The van der Waals surface area contributed by atoms with Gasteiger partial charge in [0.05, 0.1) is 11.7 Å². The molecule has 2 heterocycles. The fourth-order valence-electron chi connectivity index (χ4n) is 3.56. The molecule has 2 aromatic heterocycles. The molecule has 1 atom stereocenters. The third-order valence-corrected chi connectivity index (χ3v) is 5.47. The molecule has 0 aliphatic heterocycles. The third kappa shape index (κ3) is 5.21. The highest BCUT2D eigenvalue weighted by atomic mass is 19.4. The zero-order chi connectivity index (χ0) is 23.8. The second-order valence-electron chi connectivity index (χ2n) is 7.91. The van der Waals surface area contributed by atoms with Crippen LogP contribution in [0.25, 0.3) is 0 Å². The maximum atomic E-state index is 14.4. The Labute approximate surface area is 183 Å². The lowest BCUT2D eigenvalue weighted by molar-refractivity contribution is -0.141. The number of alkyl halides is 3. The molecule has 3 N–H and O–H groups in total. The van der Waals surface area contributed by atoms with Crippen molar-refractivity contribution >= 4 is 11.6 Å². The van der Waals surface area contributed by atoms with Crippen molar-refractivity contribution in [3.05, 3.63) is 80.1 Å². The highest BCUT2D eigenvalue weighted by Crippen LogP contribution is 2.37. The van der Waals surface area contributed by atoms with E-state index in [4.69, 9.17) is 0 Å². The number of hydrogen-bond donors (Lipinski definition) is 3. The number of anilines is 1. The summed E-state index contributed by atoms with van der Waals surface area (Å²) in [7, 11) is 0. The third-order valence-electron chi connectivity index (χ3n) is 5.47. The van der Waals surface area contributed by atoms with E-state index in [0.717, 1.165) is 25.3 Å². The summed E-state index contributed by atoms with van der Waals surface area (Å²) in [6, 6.07) is 5.06. The van der Waals surface area contributed by atoms with Crippen LogP contribution in [-0.2, 0) is 6.18 Å². The number of H-pyrrole nitrogens is 2. The van der Waals surface area contributed by atoms with Gasteiger partial charge in [0, 0.05) is 18.3 Å². The summed E-state index contributed by atoms with van der Waals surface area (Å²) in [5, 5.41) is 7.27. The number of halogens is 4. The Morgan fingerprint density at radius 2 is 1.97 bits per heavy atom. The maximum Gasteiger partial charge on any atom is 0.435 e. The molecule has 0 radical (unpaired) electrons. The zero-order valence-corrected chi connectivity index (χ0v) is 17.1. The van der Waals surface area contributed by atoms with E-state index in [1.807, 2.05) is 5.10 Å². The molecule has 1 aliphatic carbocycles. The van der Waals surface area contributed by atoms with Gasteiger partial charge in [0.25, 0.3) is 11.5 Å². The van der Waals surface area contributed by atoms with Crippen LogP contribution in [-0.4, -0.2) is 25.7 Å². The topological polar surface area (TPSA) is 113 Å². The second kappa shape index (κ2) is 8.68. The molecule has 8 nitrogen and oxygen atoms in total. The van der Waals surface area contributed by atoms with Crippen LogP contribution < -0.4 is 16.6 Å². The average Bonchev–Trinajstić information content (AvgIpc) is 3.42. The number of aromatic amines is 2. The predicted molar refractivity (Wildman–Crippen MR) is 109 cm³/mol. The van der Waals surface area contributed by atoms with Crippen LogP contribution in [0.5, 0.6) is 0 Å². The number of amides is 1. The first-order chi connectivity index (χ1) is 15.6. The smallest absolute Gasteiger partial charge is 0.318 e. The van der Waals surface area contributed by atoms with Gasteiger partial charge in [-0.1, -0.05) is 18.9 Å². The molecule has 1 unspecified atom stereocenters. The lowest BCUT2D eigenvalue weighted by atomic mass is 9.99. The van der Waals surface area contributed by atoms with Gasteiger partial charge in [0.1, 0.15) is 11.5 Å². The Kier molecular flexibility index (Phi) is 5.91. The first-order valence-corrected chi connectivity index (χ1v) is 10.2. The van der Waals surface area contributed by atoms with E-state index in [1.165, 1.54) is 29.0 Å². The fraction of sp³-hybridized carbons (Fsp3) is 0.333. The van der Waals surface area contributed by atoms with Crippen molar-refractivity contribution in [2.24, 2.45) is 5.92 Å². The summed E-state index contributed by atoms with van der Waals surface area (Å²) < 4.78 is 53.9. The van der Waals surface area contributed by atoms with Crippen molar-refractivity contribution < 1.29 is 22.4 Å².